The number of anilines is 2. The number of aliphatic hydroxyl groups excluding tert-OH is 2. The number of halogens is 3. The van der Waals surface area contributed by atoms with Crippen LogP contribution in [0.2, 0.25) is 0 Å². The van der Waals surface area contributed by atoms with Crippen LogP contribution in [0, 0.1) is 5.92 Å². The van der Waals surface area contributed by atoms with E-state index in [1.807, 2.05) is 12.1 Å². The molecule has 0 saturated carbocycles. The molecule has 1 aliphatic rings. The molecule has 40 heavy (non-hydrogen) atoms. The summed E-state index contributed by atoms with van der Waals surface area (Å²) >= 11 is 0. The molecule has 3 aromatic rings. The Kier molecular flexibility index (Phi) is 8.90. The Balaban J connectivity index is 1.46. The molecule has 2 atom stereocenters. The van der Waals surface area contributed by atoms with Crippen molar-refractivity contribution in [2.24, 2.45) is 5.92 Å². The third-order valence-electron chi connectivity index (χ3n) is 6.20. The zero-order valence-corrected chi connectivity index (χ0v) is 21.5. The highest BCUT2D eigenvalue weighted by Gasteiger charge is 2.32. The SMILES string of the molecule is CC(=O)Nc1cc(Oc2ccc3c(c2)CC(C(=O)Nc2cc(OC[C@@H](O)CO)cc(C(F)(F)F)c2)CC3)ccn1. The van der Waals surface area contributed by atoms with E-state index >= 15 is 0 Å². The number of hydrogen-bond donors (Lipinski definition) is 4. The van der Waals surface area contributed by atoms with Crippen molar-refractivity contribution >= 4 is 23.3 Å². The predicted octanol–water partition coefficient (Wildman–Crippen LogP) is 4.33. The molecule has 2 amide bonds. The smallest absolute Gasteiger partial charge is 0.416 e. The van der Waals surface area contributed by atoms with E-state index in [4.69, 9.17) is 14.6 Å². The summed E-state index contributed by atoms with van der Waals surface area (Å²) < 4.78 is 51.5. The van der Waals surface area contributed by atoms with Gasteiger partial charge in [0.05, 0.1) is 12.2 Å². The topological polar surface area (TPSA) is 130 Å². The van der Waals surface area contributed by atoms with Crippen LogP contribution in [0.4, 0.5) is 24.7 Å². The first-order chi connectivity index (χ1) is 19.0. The van der Waals surface area contributed by atoms with Crippen LogP contribution in [0.1, 0.15) is 30.0 Å². The second-order valence-corrected chi connectivity index (χ2v) is 9.41. The number of rotatable bonds is 9. The lowest BCUT2D eigenvalue weighted by atomic mass is 9.83. The summed E-state index contributed by atoms with van der Waals surface area (Å²) in [4.78, 5) is 28.4. The Morgan fingerprint density at radius 1 is 1.05 bits per heavy atom. The molecule has 1 heterocycles. The van der Waals surface area contributed by atoms with Crippen molar-refractivity contribution in [1.82, 2.24) is 4.98 Å². The maximum atomic E-state index is 13.5. The molecule has 4 rings (SSSR count). The van der Waals surface area contributed by atoms with Crippen LogP contribution in [-0.4, -0.2) is 46.3 Å². The number of ether oxygens (including phenoxy) is 2. The van der Waals surface area contributed by atoms with Gasteiger partial charge in [-0.05, 0) is 60.7 Å². The van der Waals surface area contributed by atoms with E-state index in [-0.39, 0.29) is 17.3 Å². The number of nitrogens with zero attached hydrogens (tertiary/aromatic N) is 1. The standard InChI is InChI=1S/C28H28F3N3O6/c1-16(36)33-26-13-24(6-7-32-26)40-23-5-4-17-2-3-18(8-19(17)9-23)27(38)34-21-10-20(28(29,30)31)11-25(12-21)39-15-22(37)14-35/h4-7,9-13,18,22,35,37H,2-3,8,14-15H2,1H3,(H,34,38)(H,32,33,36)/t18?,22-/m0/s1. The van der Waals surface area contributed by atoms with Gasteiger partial charge in [-0.1, -0.05) is 6.07 Å². The molecular weight excluding hydrogens is 531 g/mol. The number of carbonyl (C=O) groups excluding carboxylic acids is 2. The maximum Gasteiger partial charge on any atom is 0.416 e. The number of aliphatic hydroxyl groups is 2. The molecule has 12 heteroatoms. The molecule has 0 fully saturated rings. The van der Waals surface area contributed by atoms with E-state index in [0.29, 0.717) is 36.6 Å². The van der Waals surface area contributed by atoms with Crippen LogP contribution in [0.25, 0.3) is 0 Å². The Morgan fingerprint density at radius 3 is 2.55 bits per heavy atom. The van der Waals surface area contributed by atoms with E-state index in [2.05, 4.69) is 15.6 Å². The highest BCUT2D eigenvalue weighted by atomic mass is 19.4. The minimum atomic E-state index is -4.69. The molecule has 212 valence electrons. The monoisotopic (exact) mass is 559 g/mol. The number of pyridine rings is 1. The summed E-state index contributed by atoms with van der Waals surface area (Å²) in [7, 11) is 0. The third-order valence-corrected chi connectivity index (χ3v) is 6.20. The lowest BCUT2D eigenvalue weighted by molar-refractivity contribution is -0.137. The molecule has 0 saturated heterocycles. The minimum absolute atomic E-state index is 0.0937. The molecule has 0 bridgehead atoms. The predicted molar refractivity (Wildman–Crippen MR) is 139 cm³/mol. The highest BCUT2D eigenvalue weighted by Crippen LogP contribution is 2.35. The first kappa shape index (κ1) is 28.8. The Morgan fingerprint density at radius 2 is 1.82 bits per heavy atom. The minimum Gasteiger partial charge on any atom is -0.491 e. The molecule has 4 N–H and O–H groups in total. The number of fused-ring (bicyclic) bond motifs is 1. The molecule has 9 nitrogen and oxygen atoms in total. The molecule has 1 aliphatic carbocycles. The average molecular weight is 560 g/mol. The van der Waals surface area contributed by atoms with Crippen LogP contribution in [0.15, 0.2) is 54.7 Å². The lowest BCUT2D eigenvalue weighted by Crippen LogP contribution is -2.28. The van der Waals surface area contributed by atoms with Gasteiger partial charge in [0, 0.05) is 36.9 Å². The van der Waals surface area contributed by atoms with Crippen molar-refractivity contribution in [3.8, 4) is 17.2 Å². The number of hydrogen-bond acceptors (Lipinski definition) is 7. The summed E-state index contributed by atoms with van der Waals surface area (Å²) in [6.45, 7) is 0.345. The fourth-order valence-electron chi connectivity index (χ4n) is 4.29. The zero-order valence-electron chi connectivity index (χ0n) is 21.5. The molecule has 2 aromatic carbocycles. The number of carbonyl (C=O) groups is 2. The van der Waals surface area contributed by atoms with Crippen molar-refractivity contribution in [2.75, 3.05) is 23.8 Å². The highest BCUT2D eigenvalue weighted by molar-refractivity contribution is 5.93. The van der Waals surface area contributed by atoms with E-state index in [9.17, 15) is 27.9 Å². The van der Waals surface area contributed by atoms with E-state index in [1.54, 1.807) is 18.2 Å². The van der Waals surface area contributed by atoms with Gasteiger partial charge in [-0.2, -0.15) is 13.2 Å². The van der Waals surface area contributed by atoms with Crippen molar-refractivity contribution in [3.63, 3.8) is 0 Å². The van der Waals surface area contributed by atoms with Gasteiger partial charge in [0.15, 0.2) is 0 Å². The van der Waals surface area contributed by atoms with Gasteiger partial charge in [-0.15, -0.1) is 0 Å². The van der Waals surface area contributed by atoms with Gasteiger partial charge in [0.25, 0.3) is 0 Å². The van der Waals surface area contributed by atoms with E-state index in [0.717, 1.165) is 23.3 Å². The number of benzene rings is 2. The Bertz CT molecular complexity index is 1380. The van der Waals surface area contributed by atoms with Crippen LogP contribution in [-0.2, 0) is 28.6 Å². The fraction of sp³-hybridized carbons (Fsp3) is 0.321. The van der Waals surface area contributed by atoms with Gasteiger partial charge < -0.3 is 30.3 Å². The van der Waals surface area contributed by atoms with Crippen molar-refractivity contribution < 1.29 is 42.4 Å². The first-order valence-corrected chi connectivity index (χ1v) is 12.5. The third kappa shape index (κ3) is 7.70. The molecular formula is C28H28F3N3O6. The molecule has 1 aromatic heterocycles. The summed E-state index contributed by atoms with van der Waals surface area (Å²) in [6.07, 6.45) is -2.98. The average Bonchev–Trinajstić information content (AvgIpc) is 2.90. The quantitative estimate of drug-likeness (QED) is 0.307. The maximum absolute atomic E-state index is 13.5. The summed E-state index contributed by atoms with van der Waals surface area (Å²) in [5.41, 5.74) is 0.810. The molecule has 0 spiro atoms. The molecule has 0 radical (unpaired) electrons. The second-order valence-electron chi connectivity index (χ2n) is 9.41. The van der Waals surface area contributed by atoms with Crippen LogP contribution < -0.4 is 20.1 Å². The van der Waals surface area contributed by atoms with Gasteiger partial charge in [-0.3, -0.25) is 9.59 Å². The largest absolute Gasteiger partial charge is 0.491 e. The number of aryl methyl sites for hydroxylation is 1. The van der Waals surface area contributed by atoms with Crippen LogP contribution >= 0.6 is 0 Å². The molecule has 1 unspecified atom stereocenters. The normalized spacial score (nSPS) is 15.5. The zero-order chi connectivity index (χ0) is 28.9. The van der Waals surface area contributed by atoms with Gasteiger partial charge >= 0.3 is 6.18 Å². The van der Waals surface area contributed by atoms with E-state index in [1.165, 1.54) is 19.2 Å². The Hall–Kier alpha value is -4.16. The molecule has 0 aliphatic heterocycles. The van der Waals surface area contributed by atoms with E-state index < -0.39 is 42.9 Å². The number of amides is 2. The van der Waals surface area contributed by atoms with Crippen molar-refractivity contribution in [3.05, 3.63) is 71.4 Å². The van der Waals surface area contributed by atoms with Gasteiger partial charge in [0.2, 0.25) is 11.8 Å². The fourth-order valence-corrected chi connectivity index (χ4v) is 4.29. The number of aromatic nitrogens is 1. The van der Waals surface area contributed by atoms with Crippen LogP contribution in [0.5, 0.6) is 17.2 Å². The lowest BCUT2D eigenvalue weighted by Gasteiger charge is -2.25. The number of nitrogens with one attached hydrogen (secondary N) is 2. The number of alkyl halides is 3. The first-order valence-electron chi connectivity index (χ1n) is 12.5. The van der Waals surface area contributed by atoms with Crippen molar-refractivity contribution in [1.29, 1.82) is 0 Å². The summed E-state index contributed by atoms with van der Waals surface area (Å²) in [5, 5.41) is 23.5. The van der Waals surface area contributed by atoms with Crippen molar-refractivity contribution in [2.45, 2.75) is 38.5 Å². The summed E-state index contributed by atoms with van der Waals surface area (Å²) in [5.74, 6) is -0.0880. The second kappa shape index (κ2) is 12.3. The summed E-state index contributed by atoms with van der Waals surface area (Å²) in [6, 6.07) is 11.6. The van der Waals surface area contributed by atoms with Gasteiger partial charge in [0.1, 0.15) is 35.8 Å². The van der Waals surface area contributed by atoms with Crippen LogP contribution in [0.3, 0.4) is 0 Å². The van der Waals surface area contributed by atoms with Gasteiger partial charge in [-0.25, -0.2) is 4.98 Å². The Labute approximate surface area is 228 Å².